The van der Waals surface area contributed by atoms with Gasteiger partial charge in [0.2, 0.25) is 0 Å². The van der Waals surface area contributed by atoms with Crippen molar-refractivity contribution in [3.8, 4) is 0 Å². The molecule has 0 radical (unpaired) electrons. The van der Waals surface area contributed by atoms with Crippen LogP contribution in [0.5, 0.6) is 0 Å². The van der Waals surface area contributed by atoms with E-state index in [0.29, 0.717) is 31.6 Å². The van der Waals surface area contributed by atoms with Gasteiger partial charge in [0.25, 0.3) is 0 Å². The molecular weight excluding hydrogens is 456 g/mol. The molecule has 5 aliphatic rings. The maximum Gasteiger partial charge on any atom is 0.310 e. The number of carboxylic acids is 1. The number of hydrogen-bond donors (Lipinski definition) is 5. The molecule has 4 fully saturated rings. The van der Waals surface area contributed by atoms with Gasteiger partial charge in [-0.3, -0.25) is 4.79 Å². The second-order valence-electron chi connectivity index (χ2n) is 14.5. The van der Waals surface area contributed by atoms with Crippen molar-refractivity contribution >= 4 is 5.97 Å². The van der Waals surface area contributed by atoms with E-state index < -0.39 is 46.6 Å². The summed E-state index contributed by atoms with van der Waals surface area (Å²) < 4.78 is 0. The van der Waals surface area contributed by atoms with Crippen molar-refractivity contribution < 1.29 is 30.3 Å². The SMILES string of the molecule is C[C@H]1[C@H](C)CC[C@]2(C(=O)O)CC[C@]3(C)C(=CC[C@@H]4[C@@]5(C)CC[C@H](O)[C@](C)(CO)[C@@]5(O)[C@@H](O)C[C@]43C)[C@H]12. The van der Waals surface area contributed by atoms with E-state index in [1.165, 1.54) is 5.57 Å². The molecule has 0 bridgehead atoms. The Bertz CT molecular complexity index is 978. The van der Waals surface area contributed by atoms with E-state index in [1.54, 1.807) is 6.92 Å². The standard InChI is InChI=1S/C30H48O6/c1-17-9-12-29(24(34)35)14-13-25(3)19(23(29)18(17)2)7-8-20-26(4)11-10-21(32)28(6,16-31)30(26,36)22(33)15-27(20,25)5/h7,17-18,20-23,31-33,36H,8-16H2,1-6H3,(H,34,35)/t17-,18+,20-,21+,22+,23+,25-,26-,27-,28+,29+,30-/m1/s1. The summed E-state index contributed by atoms with van der Waals surface area (Å²) in [6, 6.07) is 0. The predicted octanol–water partition coefficient (Wildman–Crippen LogP) is 4.15. The molecule has 5 aliphatic carbocycles. The highest BCUT2D eigenvalue weighted by atomic mass is 16.4. The van der Waals surface area contributed by atoms with Crippen molar-refractivity contribution in [1.82, 2.24) is 0 Å². The van der Waals surface area contributed by atoms with E-state index >= 15 is 0 Å². The van der Waals surface area contributed by atoms with Crippen molar-refractivity contribution in [1.29, 1.82) is 0 Å². The molecular formula is C30H48O6. The van der Waals surface area contributed by atoms with Gasteiger partial charge in [-0.05, 0) is 85.9 Å². The third-order valence-corrected chi connectivity index (χ3v) is 13.7. The summed E-state index contributed by atoms with van der Waals surface area (Å²) in [5.41, 5.74) is -3.62. The molecule has 0 spiro atoms. The first-order valence-corrected chi connectivity index (χ1v) is 14.2. The van der Waals surface area contributed by atoms with Crippen LogP contribution in [0.4, 0.5) is 0 Å². The fourth-order valence-electron chi connectivity index (χ4n) is 10.9. The molecule has 0 heterocycles. The van der Waals surface area contributed by atoms with Crippen molar-refractivity contribution in [2.24, 2.45) is 50.7 Å². The Balaban J connectivity index is 1.67. The molecule has 0 aliphatic heterocycles. The van der Waals surface area contributed by atoms with Crippen LogP contribution in [0.3, 0.4) is 0 Å². The molecule has 0 amide bonds. The zero-order valence-electron chi connectivity index (χ0n) is 23.0. The molecule has 5 rings (SSSR count). The van der Waals surface area contributed by atoms with Gasteiger partial charge in [-0.1, -0.05) is 53.2 Å². The van der Waals surface area contributed by atoms with Gasteiger partial charge in [0.1, 0.15) is 5.60 Å². The van der Waals surface area contributed by atoms with Crippen molar-refractivity contribution in [3.63, 3.8) is 0 Å². The molecule has 36 heavy (non-hydrogen) atoms. The molecule has 4 saturated carbocycles. The van der Waals surface area contributed by atoms with E-state index in [0.717, 1.165) is 25.7 Å². The second-order valence-corrected chi connectivity index (χ2v) is 14.5. The number of hydrogen-bond acceptors (Lipinski definition) is 5. The van der Waals surface area contributed by atoms with Gasteiger partial charge in [0.15, 0.2) is 0 Å². The van der Waals surface area contributed by atoms with Crippen LogP contribution < -0.4 is 0 Å². The van der Waals surface area contributed by atoms with E-state index in [2.05, 4.69) is 40.7 Å². The Morgan fingerprint density at radius 3 is 2.25 bits per heavy atom. The quantitative estimate of drug-likeness (QED) is 0.361. The van der Waals surface area contributed by atoms with Gasteiger partial charge in [0.05, 0.1) is 24.2 Å². The minimum Gasteiger partial charge on any atom is -0.481 e. The molecule has 6 nitrogen and oxygen atoms in total. The van der Waals surface area contributed by atoms with Gasteiger partial charge < -0.3 is 25.5 Å². The molecule has 0 aromatic heterocycles. The summed E-state index contributed by atoms with van der Waals surface area (Å²) in [7, 11) is 0. The van der Waals surface area contributed by atoms with Crippen LogP contribution in [0.15, 0.2) is 11.6 Å². The zero-order chi connectivity index (χ0) is 26.7. The lowest BCUT2D eigenvalue weighted by Gasteiger charge is -2.74. The third kappa shape index (κ3) is 2.70. The number of aliphatic hydroxyl groups is 4. The number of aliphatic hydroxyl groups excluding tert-OH is 3. The molecule has 0 unspecified atom stereocenters. The van der Waals surface area contributed by atoms with Gasteiger partial charge in [-0.15, -0.1) is 0 Å². The van der Waals surface area contributed by atoms with Crippen molar-refractivity contribution in [3.05, 3.63) is 11.6 Å². The lowest BCUT2D eigenvalue weighted by atomic mass is 9.31. The monoisotopic (exact) mass is 504 g/mol. The minimum atomic E-state index is -1.62. The van der Waals surface area contributed by atoms with Gasteiger partial charge >= 0.3 is 5.97 Å². The lowest BCUT2D eigenvalue weighted by Crippen LogP contribution is -2.79. The summed E-state index contributed by atoms with van der Waals surface area (Å²) in [5.74, 6) is 0.0906. The number of allylic oxidation sites excluding steroid dienone is 2. The Kier molecular flexibility index (Phi) is 5.77. The second kappa shape index (κ2) is 7.80. The fraction of sp³-hybridized carbons (Fsp3) is 0.900. The van der Waals surface area contributed by atoms with Gasteiger partial charge in [-0.25, -0.2) is 0 Å². The van der Waals surface area contributed by atoms with E-state index in [1.807, 2.05) is 0 Å². The fourth-order valence-corrected chi connectivity index (χ4v) is 10.9. The number of rotatable bonds is 2. The normalized spacial score (nSPS) is 58.6. The summed E-state index contributed by atoms with van der Waals surface area (Å²) in [6.45, 7) is 12.5. The average molecular weight is 505 g/mol. The van der Waals surface area contributed by atoms with E-state index in [9.17, 15) is 30.3 Å². The molecule has 0 saturated heterocycles. The van der Waals surface area contributed by atoms with Crippen LogP contribution in [0.25, 0.3) is 0 Å². The maximum atomic E-state index is 12.8. The smallest absolute Gasteiger partial charge is 0.310 e. The number of aliphatic carboxylic acids is 1. The van der Waals surface area contributed by atoms with Crippen LogP contribution in [0, 0.1) is 50.7 Å². The van der Waals surface area contributed by atoms with Gasteiger partial charge in [0, 0.05) is 10.8 Å². The largest absolute Gasteiger partial charge is 0.481 e. The van der Waals surface area contributed by atoms with Crippen LogP contribution in [0.1, 0.15) is 92.9 Å². The third-order valence-electron chi connectivity index (χ3n) is 13.7. The van der Waals surface area contributed by atoms with Crippen LogP contribution >= 0.6 is 0 Å². The maximum absolute atomic E-state index is 12.8. The Labute approximate surface area is 216 Å². The van der Waals surface area contributed by atoms with Crippen LogP contribution in [-0.4, -0.2) is 55.9 Å². The van der Waals surface area contributed by atoms with E-state index in [-0.39, 0.29) is 28.6 Å². The highest BCUT2D eigenvalue weighted by molar-refractivity contribution is 5.76. The number of carbonyl (C=O) groups is 1. The molecule has 0 aromatic rings. The molecule has 6 heteroatoms. The van der Waals surface area contributed by atoms with Crippen molar-refractivity contribution in [2.45, 2.75) is 111 Å². The molecule has 12 atom stereocenters. The number of fused-ring (bicyclic) bond motifs is 7. The summed E-state index contributed by atoms with van der Waals surface area (Å²) in [5, 5.41) is 56.0. The summed E-state index contributed by atoms with van der Waals surface area (Å²) in [4.78, 5) is 12.8. The first-order chi connectivity index (χ1) is 16.6. The summed E-state index contributed by atoms with van der Waals surface area (Å²) in [6.07, 6.45) is 5.55. The van der Waals surface area contributed by atoms with Gasteiger partial charge in [-0.2, -0.15) is 0 Å². The minimum absolute atomic E-state index is 0.0167. The Morgan fingerprint density at radius 2 is 1.64 bits per heavy atom. The molecule has 5 N–H and O–H groups in total. The molecule has 204 valence electrons. The Hall–Kier alpha value is -0.950. The predicted molar refractivity (Wildman–Crippen MR) is 137 cm³/mol. The summed E-state index contributed by atoms with van der Waals surface area (Å²) >= 11 is 0. The first kappa shape index (κ1) is 26.6. The highest BCUT2D eigenvalue weighted by Gasteiger charge is 2.77. The average Bonchev–Trinajstić information content (AvgIpc) is 2.82. The van der Waals surface area contributed by atoms with Crippen molar-refractivity contribution in [2.75, 3.05) is 6.61 Å². The lowest BCUT2D eigenvalue weighted by molar-refractivity contribution is -0.338. The van der Waals surface area contributed by atoms with Crippen LogP contribution in [-0.2, 0) is 4.79 Å². The first-order valence-electron chi connectivity index (χ1n) is 14.2. The number of carboxylic acid groups (broad SMARTS) is 1. The highest BCUT2D eigenvalue weighted by Crippen LogP contribution is 2.76. The van der Waals surface area contributed by atoms with Crippen LogP contribution in [0.2, 0.25) is 0 Å². The van der Waals surface area contributed by atoms with E-state index in [4.69, 9.17) is 0 Å². The molecule has 0 aromatic carbocycles. The Morgan fingerprint density at radius 1 is 0.972 bits per heavy atom. The zero-order valence-corrected chi connectivity index (χ0v) is 23.0. The topological polar surface area (TPSA) is 118 Å².